The fraction of sp³-hybridized carbons (Fsp3) is 0.588. The minimum atomic E-state index is 0.315. The van der Waals surface area contributed by atoms with Crippen LogP contribution in [-0.4, -0.2) is 19.0 Å². The van der Waals surface area contributed by atoms with Crippen LogP contribution < -0.4 is 10.6 Å². The van der Waals surface area contributed by atoms with E-state index in [1.54, 1.807) is 0 Å². The Kier molecular flexibility index (Phi) is 5.05. The Morgan fingerprint density at radius 1 is 1.15 bits per heavy atom. The molecule has 3 heteroatoms. The van der Waals surface area contributed by atoms with Crippen LogP contribution in [0.3, 0.4) is 0 Å². The maximum absolute atomic E-state index is 4.58. The van der Waals surface area contributed by atoms with Gasteiger partial charge in [0.05, 0.1) is 12.6 Å². The molecule has 1 heterocycles. The summed E-state index contributed by atoms with van der Waals surface area (Å²) in [6.07, 6.45) is 0. The number of benzene rings is 1. The molecule has 0 aromatic heterocycles. The van der Waals surface area contributed by atoms with Gasteiger partial charge in [0, 0.05) is 6.54 Å². The topological polar surface area (TPSA) is 36.4 Å². The molecule has 1 aliphatic rings. The fourth-order valence-electron chi connectivity index (χ4n) is 2.88. The average molecular weight is 273 g/mol. The second-order valence-electron chi connectivity index (χ2n) is 6.33. The smallest absolute Gasteiger partial charge is 0.191 e. The van der Waals surface area contributed by atoms with Gasteiger partial charge < -0.3 is 10.6 Å². The van der Waals surface area contributed by atoms with Gasteiger partial charge in [-0.25, -0.2) is 0 Å². The second-order valence-corrected chi connectivity index (χ2v) is 6.33. The maximum atomic E-state index is 4.58. The van der Waals surface area contributed by atoms with Crippen molar-refractivity contribution in [1.29, 1.82) is 0 Å². The molecule has 0 saturated heterocycles. The summed E-state index contributed by atoms with van der Waals surface area (Å²) in [5.41, 5.74) is 1.30. The Morgan fingerprint density at radius 3 is 2.40 bits per heavy atom. The van der Waals surface area contributed by atoms with Gasteiger partial charge in [-0.15, -0.1) is 0 Å². The van der Waals surface area contributed by atoms with Crippen LogP contribution in [0.25, 0.3) is 0 Å². The van der Waals surface area contributed by atoms with Crippen molar-refractivity contribution < 1.29 is 0 Å². The van der Waals surface area contributed by atoms with Crippen molar-refractivity contribution in [1.82, 2.24) is 10.6 Å². The fourth-order valence-corrected chi connectivity index (χ4v) is 2.88. The largest absolute Gasteiger partial charge is 0.356 e. The highest BCUT2D eigenvalue weighted by Gasteiger charge is 2.21. The van der Waals surface area contributed by atoms with Crippen molar-refractivity contribution in [3.8, 4) is 0 Å². The highest BCUT2D eigenvalue weighted by atomic mass is 15.2. The van der Waals surface area contributed by atoms with Crippen LogP contribution in [0, 0.1) is 17.8 Å². The number of rotatable bonds is 5. The normalized spacial score (nSPS) is 18.6. The Hall–Kier alpha value is -1.51. The van der Waals surface area contributed by atoms with Gasteiger partial charge in [0.2, 0.25) is 0 Å². The zero-order valence-corrected chi connectivity index (χ0v) is 13.1. The third-order valence-corrected chi connectivity index (χ3v) is 4.16. The van der Waals surface area contributed by atoms with Gasteiger partial charge in [-0.3, -0.25) is 4.99 Å². The molecule has 0 radical (unpaired) electrons. The highest BCUT2D eigenvalue weighted by Crippen LogP contribution is 2.20. The van der Waals surface area contributed by atoms with Gasteiger partial charge >= 0.3 is 0 Å². The predicted molar refractivity (Wildman–Crippen MR) is 85.8 cm³/mol. The average Bonchev–Trinajstić information content (AvgIpc) is 2.88. The van der Waals surface area contributed by atoms with E-state index in [2.05, 4.69) is 67.6 Å². The third kappa shape index (κ3) is 3.75. The van der Waals surface area contributed by atoms with Gasteiger partial charge in [0.1, 0.15) is 0 Å². The van der Waals surface area contributed by atoms with Gasteiger partial charge in [-0.05, 0) is 23.3 Å². The summed E-state index contributed by atoms with van der Waals surface area (Å²) >= 11 is 0. The van der Waals surface area contributed by atoms with Crippen molar-refractivity contribution in [3.63, 3.8) is 0 Å². The predicted octanol–water partition coefficient (Wildman–Crippen LogP) is 3.20. The molecular formula is C17H27N3. The van der Waals surface area contributed by atoms with Crippen LogP contribution in [0.5, 0.6) is 0 Å². The molecule has 1 aromatic carbocycles. The maximum Gasteiger partial charge on any atom is 0.191 e. The monoisotopic (exact) mass is 273 g/mol. The summed E-state index contributed by atoms with van der Waals surface area (Å²) < 4.78 is 0. The van der Waals surface area contributed by atoms with Crippen LogP contribution in [0.15, 0.2) is 35.3 Å². The molecule has 0 aliphatic carbocycles. The van der Waals surface area contributed by atoms with E-state index in [0.29, 0.717) is 23.8 Å². The van der Waals surface area contributed by atoms with Crippen molar-refractivity contribution in [2.45, 2.75) is 33.7 Å². The molecule has 1 atom stereocenters. The molecular weight excluding hydrogens is 246 g/mol. The van der Waals surface area contributed by atoms with Crippen molar-refractivity contribution in [2.24, 2.45) is 22.7 Å². The van der Waals surface area contributed by atoms with Crippen LogP contribution in [0.2, 0.25) is 0 Å². The molecule has 0 bridgehead atoms. The lowest BCUT2D eigenvalue weighted by Gasteiger charge is -2.25. The van der Waals surface area contributed by atoms with E-state index in [-0.39, 0.29) is 0 Å². The van der Waals surface area contributed by atoms with Gasteiger partial charge in [-0.1, -0.05) is 58.0 Å². The Balaban J connectivity index is 1.84. The number of nitrogens with zero attached hydrogens (tertiary/aromatic N) is 1. The van der Waals surface area contributed by atoms with E-state index < -0.39 is 0 Å². The first-order valence-corrected chi connectivity index (χ1v) is 7.67. The quantitative estimate of drug-likeness (QED) is 0.864. The number of hydrogen-bond donors (Lipinski definition) is 2. The minimum Gasteiger partial charge on any atom is -0.356 e. The Labute approximate surface area is 122 Å². The van der Waals surface area contributed by atoms with Crippen LogP contribution in [0.1, 0.15) is 39.3 Å². The number of aliphatic imine (C=N–C) groups is 1. The summed E-state index contributed by atoms with van der Waals surface area (Å²) in [5, 5.41) is 6.96. The summed E-state index contributed by atoms with van der Waals surface area (Å²) in [6.45, 7) is 11.0. The Bertz CT molecular complexity index is 429. The van der Waals surface area contributed by atoms with Gasteiger partial charge in [0.25, 0.3) is 0 Å². The molecule has 1 aliphatic heterocycles. The molecule has 1 aromatic rings. The summed E-state index contributed by atoms with van der Waals surface area (Å²) in [5.74, 6) is 3.00. The molecule has 0 amide bonds. The van der Waals surface area contributed by atoms with Crippen LogP contribution in [-0.2, 0) is 0 Å². The van der Waals surface area contributed by atoms with E-state index in [1.165, 1.54) is 5.56 Å². The van der Waals surface area contributed by atoms with Crippen LogP contribution >= 0.6 is 0 Å². The standard InChI is InChI=1S/C17H27N3/c1-12(2)15(13(3)4)10-18-17-19-11-16(20-17)14-8-6-5-7-9-14/h5-9,12-13,15-16H,10-11H2,1-4H3,(H2,18,19,20). The Morgan fingerprint density at radius 2 is 1.80 bits per heavy atom. The molecule has 2 rings (SSSR count). The van der Waals surface area contributed by atoms with E-state index >= 15 is 0 Å². The molecule has 1 unspecified atom stereocenters. The van der Waals surface area contributed by atoms with Gasteiger partial charge in [0.15, 0.2) is 5.96 Å². The number of hydrogen-bond acceptors (Lipinski definition) is 3. The summed E-state index contributed by atoms with van der Waals surface area (Å²) in [7, 11) is 0. The SMILES string of the molecule is CC(C)C(CNC1=NCC(c2ccccc2)N1)C(C)C. The molecule has 2 N–H and O–H groups in total. The molecule has 20 heavy (non-hydrogen) atoms. The highest BCUT2D eigenvalue weighted by molar-refractivity contribution is 5.82. The molecule has 110 valence electrons. The van der Waals surface area contributed by atoms with E-state index in [9.17, 15) is 0 Å². The second kappa shape index (κ2) is 6.78. The van der Waals surface area contributed by atoms with Crippen molar-refractivity contribution >= 4 is 5.96 Å². The van der Waals surface area contributed by atoms with Crippen LogP contribution in [0.4, 0.5) is 0 Å². The molecule has 0 saturated carbocycles. The summed E-state index contributed by atoms with van der Waals surface area (Å²) in [4.78, 5) is 4.58. The first-order chi connectivity index (χ1) is 9.58. The van der Waals surface area contributed by atoms with Gasteiger partial charge in [-0.2, -0.15) is 0 Å². The number of guanidine groups is 1. The zero-order chi connectivity index (χ0) is 14.5. The lowest BCUT2D eigenvalue weighted by atomic mass is 9.85. The molecule has 3 nitrogen and oxygen atoms in total. The van der Waals surface area contributed by atoms with E-state index in [0.717, 1.165) is 19.0 Å². The minimum absolute atomic E-state index is 0.315. The molecule has 0 spiro atoms. The first-order valence-electron chi connectivity index (χ1n) is 7.67. The molecule has 0 fully saturated rings. The number of nitrogens with one attached hydrogen (secondary N) is 2. The van der Waals surface area contributed by atoms with E-state index in [4.69, 9.17) is 0 Å². The van der Waals surface area contributed by atoms with Crippen molar-refractivity contribution in [2.75, 3.05) is 13.1 Å². The lowest BCUT2D eigenvalue weighted by molar-refractivity contribution is 0.287. The van der Waals surface area contributed by atoms with E-state index in [1.807, 2.05) is 6.07 Å². The lowest BCUT2D eigenvalue weighted by Crippen LogP contribution is -2.40. The zero-order valence-electron chi connectivity index (χ0n) is 13.1. The summed E-state index contributed by atoms with van der Waals surface area (Å²) in [6, 6.07) is 10.8. The van der Waals surface area contributed by atoms with Crippen molar-refractivity contribution in [3.05, 3.63) is 35.9 Å². The third-order valence-electron chi connectivity index (χ3n) is 4.16. The first kappa shape index (κ1) is 14.9.